The molecule has 1 amide bonds. The van der Waals surface area contributed by atoms with E-state index in [4.69, 9.17) is 9.47 Å². The van der Waals surface area contributed by atoms with Crippen molar-refractivity contribution in [3.8, 4) is 11.5 Å². The van der Waals surface area contributed by atoms with Crippen molar-refractivity contribution in [1.82, 2.24) is 10.3 Å². The van der Waals surface area contributed by atoms with Gasteiger partial charge in [0.25, 0.3) is 5.91 Å². The summed E-state index contributed by atoms with van der Waals surface area (Å²) in [4.78, 5) is 29.2. The molecule has 0 spiro atoms. The summed E-state index contributed by atoms with van der Waals surface area (Å²) in [6, 6.07) is 0.717. The minimum Gasteiger partial charge on any atom is -0.503 e. The van der Waals surface area contributed by atoms with Gasteiger partial charge in [-0.2, -0.15) is 0 Å². The molecule has 3 unspecified atom stereocenters. The van der Waals surface area contributed by atoms with Crippen LogP contribution in [0.1, 0.15) is 81.6 Å². The van der Waals surface area contributed by atoms with E-state index in [1.54, 1.807) is 0 Å². The van der Waals surface area contributed by atoms with Crippen LogP contribution >= 0.6 is 0 Å². The standard InChI is InChI=1S/C23H34N2O5/c1-15-13-17(14-16-7-4-3-5-8-16)9-6-10-18(23(28)30-15)25-22(27)20-21(26)19(29-2)11-12-24-20/h11-12,15-18,26H,3-10,13-14H2,1-2H3,(H,25,27). The third-order valence-corrected chi connectivity index (χ3v) is 6.39. The Balaban J connectivity index is 1.62. The Morgan fingerprint density at radius 2 is 1.93 bits per heavy atom. The number of esters is 1. The first kappa shape index (κ1) is 22.4. The van der Waals surface area contributed by atoms with E-state index in [-0.39, 0.29) is 23.3 Å². The van der Waals surface area contributed by atoms with Crippen LogP contribution < -0.4 is 10.1 Å². The van der Waals surface area contributed by atoms with Crippen LogP contribution in [0, 0.1) is 11.8 Å². The van der Waals surface area contributed by atoms with E-state index in [0.717, 1.165) is 25.2 Å². The molecule has 1 aliphatic heterocycles. The third kappa shape index (κ3) is 5.86. The van der Waals surface area contributed by atoms with E-state index in [0.29, 0.717) is 12.3 Å². The van der Waals surface area contributed by atoms with Crippen LogP contribution in [0.5, 0.6) is 11.5 Å². The molecule has 1 saturated heterocycles. The molecule has 30 heavy (non-hydrogen) atoms. The zero-order chi connectivity index (χ0) is 21.5. The van der Waals surface area contributed by atoms with Crippen molar-refractivity contribution >= 4 is 11.9 Å². The summed E-state index contributed by atoms with van der Waals surface area (Å²) in [5.41, 5.74) is -0.162. The molecular formula is C23H34N2O5. The van der Waals surface area contributed by atoms with E-state index in [1.807, 2.05) is 6.92 Å². The van der Waals surface area contributed by atoms with Crippen LogP contribution in [-0.2, 0) is 9.53 Å². The van der Waals surface area contributed by atoms with Crippen molar-refractivity contribution in [3.63, 3.8) is 0 Å². The molecule has 0 radical (unpaired) electrons. The lowest BCUT2D eigenvalue weighted by Gasteiger charge is -2.27. The topological polar surface area (TPSA) is 97.8 Å². The predicted molar refractivity (Wildman–Crippen MR) is 112 cm³/mol. The first-order valence-corrected chi connectivity index (χ1v) is 11.2. The number of ether oxygens (including phenoxy) is 2. The number of methoxy groups -OCH3 is 1. The van der Waals surface area contributed by atoms with Crippen LogP contribution in [-0.4, -0.2) is 41.2 Å². The largest absolute Gasteiger partial charge is 0.503 e. The number of nitrogens with one attached hydrogen (secondary N) is 1. The Bertz CT molecular complexity index is 732. The number of hydrogen-bond donors (Lipinski definition) is 2. The highest BCUT2D eigenvalue weighted by atomic mass is 16.5. The molecule has 1 aromatic rings. The second kappa shape index (κ2) is 10.6. The second-order valence-electron chi connectivity index (χ2n) is 8.76. The van der Waals surface area contributed by atoms with E-state index in [2.05, 4.69) is 10.3 Å². The maximum Gasteiger partial charge on any atom is 0.328 e. The molecule has 2 N–H and O–H groups in total. The summed E-state index contributed by atoms with van der Waals surface area (Å²) >= 11 is 0. The average molecular weight is 419 g/mol. The lowest BCUT2D eigenvalue weighted by Crippen LogP contribution is -2.42. The molecule has 0 aromatic carbocycles. The molecule has 7 heteroatoms. The van der Waals surface area contributed by atoms with Gasteiger partial charge in [-0.3, -0.25) is 4.79 Å². The van der Waals surface area contributed by atoms with Gasteiger partial charge in [0.05, 0.1) is 13.2 Å². The molecule has 1 saturated carbocycles. The normalized spacial score (nSPS) is 26.1. The highest BCUT2D eigenvalue weighted by Crippen LogP contribution is 2.34. The molecule has 1 aromatic heterocycles. The van der Waals surface area contributed by atoms with E-state index >= 15 is 0 Å². The van der Waals surface area contributed by atoms with E-state index in [9.17, 15) is 14.7 Å². The Kier molecular flexibility index (Phi) is 7.94. The first-order valence-electron chi connectivity index (χ1n) is 11.2. The molecule has 3 rings (SSSR count). The average Bonchev–Trinajstić information content (AvgIpc) is 2.78. The van der Waals surface area contributed by atoms with E-state index in [1.165, 1.54) is 57.9 Å². The SMILES string of the molecule is COc1ccnc(C(=O)NC2CCCC(CC3CCCCC3)CC(C)OC2=O)c1O. The lowest BCUT2D eigenvalue weighted by molar-refractivity contribution is -0.151. The van der Waals surface area contributed by atoms with Gasteiger partial charge in [-0.1, -0.05) is 44.9 Å². The number of rotatable bonds is 5. The van der Waals surface area contributed by atoms with Gasteiger partial charge in [0.1, 0.15) is 6.04 Å². The van der Waals surface area contributed by atoms with Gasteiger partial charge in [0, 0.05) is 12.3 Å². The molecular weight excluding hydrogens is 384 g/mol. The number of carbonyl (C=O) groups excluding carboxylic acids is 2. The van der Waals surface area contributed by atoms with Crippen molar-refractivity contribution in [2.24, 2.45) is 11.8 Å². The Morgan fingerprint density at radius 3 is 2.67 bits per heavy atom. The molecule has 2 heterocycles. The van der Waals surface area contributed by atoms with Crippen LogP contribution in [0.4, 0.5) is 0 Å². The molecule has 1 aliphatic carbocycles. The molecule has 166 valence electrons. The number of nitrogens with zero attached hydrogens (tertiary/aromatic N) is 1. The van der Waals surface area contributed by atoms with Crippen molar-refractivity contribution in [3.05, 3.63) is 18.0 Å². The minimum atomic E-state index is -0.749. The number of pyridine rings is 1. The summed E-state index contributed by atoms with van der Waals surface area (Å²) in [7, 11) is 1.40. The maximum atomic E-state index is 12.7. The molecule has 2 fully saturated rings. The highest BCUT2D eigenvalue weighted by Gasteiger charge is 2.30. The zero-order valence-electron chi connectivity index (χ0n) is 18.1. The number of amides is 1. The maximum absolute atomic E-state index is 12.7. The van der Waals surface area contributed by atoms with Gasteiger partial charge >= 0.3 is 5.97 Å². The van der Waals surface area contributed by atoms with Crippen molar-refractivity contribution in [1.29, 1.82) is 0 Å². The third-order valence-electron chi connectivity index (χ3n) is 6.39. The van der Waals surface area contributed by atoms with Gasteiger partial charge in [-0.05, 0) is 38.0 Å². The quantitative estimate of drug-likeness (QED) is 0.702. The summed E-state index contributed by atoms with van der Waals surface area (Å²) in [5, 5.41) is 12.9. The van der Waals surface area contributed by atoms with Crippen molar-refractivity contribution in [2.45, 2.75) is 83.3 Å². The fourth-order valence-corrected chi connectivity index (χ4v) is 4.88. The van der Waals surface area contributed by atoms with Crippen LogP contribution in [0.3, 0.4) is 0 Å². The fourth-order valence-electron chi connectivity index (χ4n) is 4.88. The van der Waals surface area contributed by atoms with Gasteiger partial charge < -0.3 is 19.9 Å². The second-order valence-corrected chi connectivity index (χ2v) is 8.76. The highest BCUT2D eigenvalue weighted by molar-refractivity contribution is 5.97. The first-order chi connectivity index (χ1) is 14.5. The summed E-state index contributed by atoms with van der Waals surface area (Å²) in [5.74, 6) is 0.135. The van der Waals surface area contributed by atoms with Crippen molar-refractivity contribution in [2.75, 3.05) is 7.11 Å². The van der Waals surface area contributed by atoms with Gasteiger partial charge in [0.15, 0.2) is 17.2 Å². The van der Waals surface area contributed by atoms with Crippen LogP contribution in [0.25, 0.3) is 0 Å². The lowest BCUT2D eigenvalue weighted by atomic mass is 9.79. The zero-order valence-corrected chi connectivity index (χ0v) is 18.1. The predicted octanol–water partition coefficient (Wildman–Crippen LogP) is 3.99. The summed E-state index contributed by atoms with van der Waals surface area (Å²) in [6.07, 6.45) is 12.4. The van der Waals surface area contributed by atoms with Gasteiger partial charge in [-0.15, -0.1) is 0 Å². The van der Waals surface area contributed by atoms with Crippen LogP contribution in [0.15, 0.2) is 12.3 Å². The van der Waals surface area contributed by atoms with Crippen LogP contribution in [0.2, 0.25) is 0 Å². The number of aromatic hydroxyl groups is 1. The minimum absolute atomic E-state index is 0.159. The number of cyclic esters (lactones) is 1. The van der Waals surface area contributed by atoms with E-state index < -0.39 is 17.9 Å². The smallest absolute Gasteiger partial charge is 0.328 e. The number of aromatic nitrogens is 1. The Morgan fingerprint density at radius 1 is 1.20 bits per heavy atom. The molecule has 7 nitrogen and oxygen atoms in total. The number of carbonyl (C=O) groups is 2. The van der Waals surface area contributed by atoms with Gasteiger partial charge in [0.2, 0.25) is 0 Å². The van der Waals surface area contributed by atoms with Crippen molar-refractivity contribution < 1.29 is 24.2 Å². The molecule has 2 aliphatic rings. The fraction of sp³-hybridized carbons (Fsp3) is 0.696. The number of hydrogen-bond acceptors (Lipinski definition) is 6. The summed E-state index contributed by atoms with van der Waals surface area (Å²) < 4.78 is 10.7. The summed E-state index contributed by atoms with van der Waals surface area (Å²) in [6.45, 7) is 1.94. The monoisotopic (exact) mass is 418 g/mol. The molecule has 0 bridgehead atoms. The Labute approximate surface area is 178 Å². The van der Waals surface area contributed by atoms with Gasteiger partial charge in [-0.25, -0.2) is 9.78 Å². The molecule has 3 atom stereocenters. The Hall–Kier alpha value is -2.31.